The van der Waals surface area contributed by atoms with Crippen LogP contribution in [0.1, 0.15) is 19.4 Å². The summed E-state index contributed by atoms with van der Waals surface area (Å²) in [5.41, 5.74) is 2.61. The van der Waals surface area contributed by atoms with Crippen LogP contribution in [0, 0.1) is 11.3 Å². The fourth-order valence-corrected chi connectivity index (χ4v) is 2.74. The predicted molar refractivity (Wildman–Crippen MR) is 94.0 cm³/mol. The number of rotatable bonds is 4. The highest BCUT2D eigenvalue weighted by Crippen LogP contribution is 2.27. The highest BCUT2D eigenvalue weighted by Gasteiger charge is 2.25. The van der Waals surface area contributed by atoms with Gasteiger partial charge in [-0.3, -0.25) is 9.69 Å². The van der Waals surface area contributed by atoms with Gasteiger partial charge in [-0.2, -0.15) is 10.4 Å². The van der Waals surface area contributed by atoms with Gasteiger partial charge in [0.15, 0.2) is 11.9 Å². The van der Waals surface area contributed by atoms with Gasteiger partial charge in [-0.15, -0.1) is 0 Å². The molecule has 0 spiro atoms. The first-order valence-corrected chi connectivity index (χ1v) is 7.93. The van der Waals surface area contributed by atoms with Crippen molar-refractivity contribution in [1.82, 2.24) is 14.6 Å². The quantitative estimate of drug-likeness (QED) is 0.685. The molecule has 8 nitrogen and oxygen atoms in total. The van der Waals surface area contributed by atoms with Crippen LogP contribution >= 0.6 is 0 Å². The lowest BCUT2D eigenvalue weighted by molar-refractivity contribution is -0.120. The average Bonchev–Trinajstić information content (AvgIpc) is 3.05. The van der Waals surface area contributed by atoms with Crippen LogP contribution in [-0.4, -0.2) is 43.1 Å². The van der Waals surface area contributed by atoms with Crippen molar-refractivity contribution >= 4 is 17.2 Å². The van der Waals surface area contributed by atoms with Crippen LogP contribution in [0.4, 0.5) is 5.69 Å². The monoisotopic (exact) mass is 351 g/mol. The molecule has 2 heterocycles. The number of aromatic nitrogens is 3. The van der Waals surface area contributed by atoms with Gasteiger partial charge in [0, 0.05) is 24.4 Å². The summed E-state index contributed by atoms with van der Waals surface area (Å²) in [6.07, 6.45) is 0.539. The van der Waals surface area contributed by atoms with E-state index in [9.17, 15) is 15.0 Å². The zero-order valence-electron chi connectivity index (χ0n) is 14.2. The second-order valence-electron chi connectivity index (χ2n) is 5.83. The molecule has 1 amide bonds. The van der Waals surface area contributed by atoms with E-state index in [-0.39, 0.29) is 0 Å². The molecule has 8 heteroatoms. The zero-order chi connectivity index (χ0) is 18.8. The number of carbonyl (C=O) groups excluding carboxylic acids is 1. The number of carbonyl (C=O) groups is 1. The third-order valence-electron chi connectivity index (χ3n) is 3.98. The summed E-state index contributed by atoms with van der Waals surface area (Å²) in [7, 11) is 0. The van der Waals surface area contributed by atoms with Gasteiger partial charge in [0.05, 0.1) is 18.0 Å². The molecule has 0 fully saturated rings. The number of hydrogen-bond acceptors (Lipinski definition) is 6. The highest BCUT2D eigenvalue weighted by molar-refractivity contribution is 5.92. The van der Waals surface area contributed by atoms with Crippen LogP contribution < -0.4 is 4.90 Å². The molecular formula is C18H17N5O3. The van der Waals surface area contributed by atoms with E-state index in [0.29, 0.717) is 28.2 Å². The summed E-state index contributed by atoms with van der Waals surface area (Å²) in [5.74, 6) is -0.402. The van der Waals surface area contributed by atoms with Crippen molar-refractivity contribution in [3.05, 3.63) is 48.3 Å². The third-order valence-corrected chi connectivity index (χ3v) is 3.98. The number of fused-ring (bicyclic) bond motifs is 1. The minimum Gasteiger partial charge on any atom is -0.389 e. The molecule has 2 unspecified atom stereocenters. The molecule has 132 valence electrons. The van der Waals surface area contributed by atoms with E-state index in [4.69, 9.17) is 5.26 Å². The standard InChI is InChI=1S/C18H17N5O3/c1-11(24)18(26)22(12(2)25)15-5-3-4-13(8-15)16-6-7-20-17-14(9-19)10-21-23(16)17/h3-8,10-11,18,24,26H,1-2H3. The Morgan fingerprint density at radius 2 is 2.12 bits per heavy atom. The van der Waals surface area contributed by atoms with Gasteiger partial charge in [-0.1, -0.05) is 12.1 Å². The van der Waals surface area contributed by atoms with Crippen LogP contribution in [-0.2, 0) is 4.79 Å². The fourth-order valence-electron chi connectivity index (χ4n) is 2.74. The van der Waals surface area contributed by atoms with E-state index in [1.165, 1.54) is 20.0 Å². The van der Waals surface area contributed by atoms with Gasteiger partial charge in [0.2, 0.25) is 5.91 Å². The smallest absolute Gasteiger partial charge is 0.226 e. The van der Waals surface area contributed by atoms with Gasteiger partial charge < -0.3 is 10.2 Å². The number of hydrogen-bond donors (Lipinski definition) is 2. The Bertz CT molecular complexity index is 1010. The van der Waals surface area contributed by atoms with Crippen LogP contribution in [0.3, 0.4) is 0 Å². The highest BCUT2D eigenvalue weighted by atomic mass is 16.3. The summed E-state index contributed by atoms with van der Waals surface area (Å²) < 4.78 is 1.54. The molecule has 0 bridgehead atoms. The Labute approximate surface area is 149 Å². The van der Waals surface area contributed by atoms with Crippen LogP contribution in [0.2, 0.25) is 0 Å². The van der Waals surface area contributed by atoms with Crippen molar-refractivity contribution in [2.45, 2.75) is 26.2 Å². The van der Waals surface area contributed by atoms with Gasteiger partial charge in [-0.25, -0.2) is 9.50 Å². The molecule has 0 saturated carbocycles. The molecule has 3 rings (SSSR count). The lowest BCUT2D eigenvalue weighted by Gasteiger charge is -2.29. The second-order valence-corrected chi connectivity index (χ2v) is 5.83. The lowest BCUT2D eigenvalue weighted by atomic mass is 10.1. The number of nitriles is 1. The summed E-state index contributed by atoms with van der Waals surface area (Å²) in [6, 6.07) is 10.7. The average molecular weight is 351 g/mol. The molecule has 26 heavy (non-hydrogen) atoms. The minimum atomic E-state index is -1.37. The molecule has 0 radical (unpaired) electrons. The Morgan fingerprint density at radius 1 is 1.35 bits per heavy atom. The number of aliphatic hydroxyl groups excluding tert-OH is 2. The van der Waals surface area contributed by atoms with E-state index >= 15 is 0 Å². The van der Waals surface area contributed by atoms with E-state index in [1.54, 1.807) is 35.0 Å². The largest absolute Gasteiger partial charge is 0.389 e. The van der Waals surface area contributed by atoms with Crippen molar-refractivity contribution in [3.8, 4) is 17.3 Å². The van der Waals surface area contributed by atoms with Crippen molar-refractivity contribution < 1.29 is 15.0 Å². The Balaban J connectivity index is 2.12. The summed E-state index contributed by atoms with van der Waals surface area (Å²) in [5, 5.41) is 33.2. The second kappa shape index (κ2) is 6.92. The van der Waals surface area contributed by atoms with Gasteiger partial charge in [0.1, 0.15) is 11.6 Å². The van der Waals surface area contributed by atoms with Gasteiger partial charge in [-0.05, 0) is 25.1 Å². The Hall–Kier alpha value is -3.28. The van der Waals surface area contributed by atoms with E-state index < -0.39 is 18.2 Å². The maximum Gasteiger partial charge on any atom is 0.226 e. The molecule has 1 aromatic carbocycles. The van der Waals surface area contributed by atoms with E-state index in [0.717, 1.165) is 4.90 Å². The molecule has 3 aromatic rings. The number of nitrogens with zero attached hydrogens (tertiary/aromatic N) is 5. The summed E-state index contributed by atoms with van der Waals surface area (Å²) >= 11 is 0. The van der Waals surface area contributed by atoms with Crippen LogP contribution in [0.15, 0.2) is 42.7 Å². The first-order chi connectivity index (χ1) is 12.4. The molecule has 0 aliphatic heterocycles. The molecule has 2 atom stereocenters. The van der Waals surface area contributed by atoms with Crippen molar-refractivity contribution in [3.63, 3.8) is 0 Å². The molecule has 0 aliphatic carbocycles. The van der Waals surface area contributed by atoms with Crippen molar-refractivity contribution in [2.75, 3.05) is 4.90 Å². The number of amides is 1. The Morgan fingerprint density at radius 3 is 2.77 bits per heavy atom. The van der Waals surface area contributed by atoms with Gasteiger partial charge in [0.25, 0.3) is 0 Å². The summed E-state index contributed by atoms with van der Waals surface area (Å²) in [4.78, 5) is 17.3. The van der Waals surface area contributed by atoms with Crippen molar-refractivity contribution in [2.24, 2.45) is 0 Å². The maximum absolute atomic E-state index is 12.0. The lowest BCUT2D eigenvalue weighted by Crippen LogP contribution is -2.45. The molecular weight excluding hydrogens is 334 g/mol. The third kappa shape index (κ3) is 3.01. The van der Waals surface area contributed by atoms with Crippen molar-refractivity contribution in [1.29, 1.82) is 5.26 Å². The first kappa shape index (κ1) is 17.5. The topological polar surface area (TPSA) is 115 Å². The van der Waals surface area contributed by atoms with Crippen LogP contribution in [0.5, 0.6) is 0 Å². The van der Waals surface area contributed by atoms with E-state index in [2.05, 4.69) is 10.1 Å². The van der Waals surface area contributed by atoms with Gasteiger partial charge >= 0.3 is 0 Å². The number of anilines is 1. The fraction of sp³-hybridized carbons (Fsp3) is 0.222. The molecule has 2 N–H and O–H groups in total. The number of aliphatic hydroxyl groups is 2. The Kier molecular flexibility index (Phi) is 4.67. The molecule has 2 aromatic heterocycles. The predicted octanol–water partition coefficient (Wildman–Crippen LogP) is 1.32. The number of benzene rings is 1. The van der Waals surface area contributed by atoms with E-state index in [1.807, 2.05) is 12.1 Å². The molecule has 0 aliphatic rings. The minimum absolute atomic E-state index is 0.359. The first-order valence-electron chi connectivity index (χ1n) is 7.93. The molecule has 0 saturated heterocycles. The van der Waals surface area contributed by atoms with Crippen LogP contribution in [0.25, 0.3) is 16.9 Å². The SMILES string of the molecule is CC(=O)N(c1cccc(-c2ccnc3c(C#N)cnn23)c1)C(O)C(C)O. The zero-order valence-corrected chi connectivity index (χ0v) is 14.2. The maximum atomic E-state index is 12.0. The normalized spacial score (nSPS) is 13.2. The summed E-state index contributed by atoms with van der Waals surface area (Å²) in [6.45, 7) is 2.72.